The van der Waals surface area contributed by atoms with Crippen LogP contribution in [0.2, 0.25) is 0 Å². The van der Waals surface area contributed by atoms with Crippen molar-refractivity contribution in [2.75, 3.05) is 36.5 Å². The minimum Gasteiger partial charge on any atom is -0.478 e. The first-order chi connectivity index (χ1) is 14.1. The number of carbonyl (C=O) groups excluding carboxylic acids is 1. The van der Waals surface area contributed by atoms with Crippen LogP contribution in [0.25, 0.3) is 11.1 Å². The van der Waals surface area contributed by atoms with Gasteiger partial charge in [-0.1, -0.05) is 12.1 Å². The molecule has 1 aliphatic heterocycles. The minimum atomic E-state index is -0.984. The molecule has 3 N–H and O–H groups in total. The van der Waals surface area contributed by atoms with Gasteiger partial charge in [-0.25, -0.2) is 9.59 Å². The van der Waals surface area contributed by atoms with Gasteiger partial charge in [-0.3, -0.25) is 0 Å². The number of carboxylic acid groups (broad SMARTS) is 1. The number of carbonyl (C=O) groups is 2. The molecule has 3 aromatic rings. The van der Waals surface area contributed by atoms with Gasteiger partial charge in [-0.2, -0.15) is 4.98 Å². The Bertz CT molecular complexity index is 1030. The fourth-order valence-corrected chi connectivity index (χ4v) is 3.00. The maximum absolute atomic E-state index is 12.2. The smallest absolute Gasteiger partial charge is 0.335 e. The third-order valence-electron chi connectivity index (χ3n) is 4.57. The molecule has 1 aromatic heterocycles. The van der Waals surface area contributed by atoms with Crippen molar-refractivity contribution in [3.8, 4) is 0 Å². The van der Waals surface area contributed by atoms with Gasteiger partial charge < -0.3 is 29.8 Å². The van der Waals surface area contributed by atoms with Crippen molar-refractivity contribution >= 4 is 34.8 Å². The van der Waals surface area contributed by atoms with Crippen molar-refractivity contribution in [3.63, 3.8) is 0 Å². The van der Waals surface area contributed by atoms with E-state index in [1.807, 2.05) is 4.90 Å². The van der Waals surface area contributed by atoms with Gasteiger partial charge in [0.05, 0.1) is 18.8 Å². The van der Waals surface area contributed by atoms with Gasteiger partial charge in [0, 0.05) is 31.4 Å². The summed E-state index contributed by atoms with van der Waals surface area (Å²) in [5.41, 5.74) is 2.89. The van der Waals surface area contributed by atoms with Crippen molar-refractivity contribution in [1.82, 2.24) is 10.3 Å². The van der Waals surface area contributed by atoms with Gasteiger partial charge in [-0.05, 0) is 29.8 Å². The number of nitrogens with zero attached hydrogens (tertiary/aromatic N) is 2. The van der Waals surface area contributed by atoms with E-state index in [1.54, 1.807) is 30.3 Å². The van der Waals surface area contributed by atoms with Gasteiger partial charge >= 0.3 is 12.0 Å². The summed E-state index contributed by atoms with van der Waals surface area (Å²) in [6.07, 6.45) is 0. The molecule has 4 rings (SSSR count). The average Bonchev–Trinajstić information content (AvgIpc) is 3.17. The Morgan fingerprint density at radius 1 is 1.10 bits per heavy atom. The van der Waals surface area contributed by atoms with E-state index in [1.165, 1.54) is 12.1 Å². The molecule has 0 bridgehead atoms. The highest BCUT2D eigenvalue weighted by molar-refractivity contribution is 5.91. The van der Waals surface area contributed by atoms with Crippen LogP contribution < -0.4 is 15.5 Å². The number of amides is 2. The molecule has 2 aromatic carbocycles. The zero-order valence-electron chi connectivity index (χ0n) is 15.6. The Labute approximate surface area is 166 Å². The third-order valence-corrected chi connectivity index (χ3v) is 4.57. The number of hydrogen-bond donors (Lipinski definition) is 3. The van der Waals surface area contributed by atoms with E-state index in [-0.39, 0.29) is 18.1 Å². The summed E-state index contributed by atoms with van der Waals surface area (Å²) < 4.78 is 11.2. The molecule has 9 heteroatoms. The molecule has 0 unspecified atom stereocenters. The molecule has 2 heterocycles. The normalized spacial score (nSPS) is 14.0. The number of morpholine rings is 1. The van der Waals surface area contributed by atoms with Gasteiger partial charge in [0.1, 0.15) is 5.52 Å². The van der Waals surface area contributed by atoms with E-state index in [2.05, 4.69) is 15.6 Å². The predicted molar refractivity (Wildman–Crippen MR) is 106 cm³/mol. The molecule has 1 saturated heterocycles. The quantitative estimate of drug-likeness (QED) is 0.607. The van der Waals surface area contributed by atoms with Crippen molar-refractivity contribution in [2.45, 2.75) is 6.54 Å². The Morgan fingerprint density at radius 2 is 1.86 bits per heavy atom. The van der Waals surface area contributed by atoms with E-state index in [0.717, 1.165) is 24.2 Å². The van der Waals surface area contributed by atoms with Crippen LogP contribution in [0.15, 0.2) is 46.9 Å². The lowest BCUT2D eigenvalue weighted by atomic mass is 10.1. The van der Waals surface area contributed by atoms with Crippen LogP contribution in [0, 0.1) is 0 Å². The number of ether oxygens (including phenoxy) is 1. The van der Waals surface area contributed by atoms with Crippen LogP contribution >= 0.6 is 0 Å². The first kappa shape index (κ1) is 18.8. The zero-order valence-corrected chi connectivity index (χ0v) is 15.6. The molecule has 2 amide bonds. The number of nitrogens with one attached hydrogen (secondary N) is 2. The number of benzene rings is 2. The highest BCUT2D eigenvalue weighted by atomic mass is 16.5. The fraction of sp³-hybridized carbons (Fsp3) is 0.250. The fourth-order valence-electron chi connectivity index (χ4n) is 3.00. The van der Waals surface area contributed by atoms with Gasteiger partial charge in [0.15, 0.2) is 5.58 Å². The lowest BCUT2D eigenvalue weighted by molar-refractivity contribution is 0.0697. The summed E-state index contributed by atoms with van der Waals surface area (Å²) in [5.74, 6) is -0.984. The second-order valence-corrected chi connectivity index (χ2v) is 6.59. The number of aromatic nitrogens is 1. The maximum Gasteiger partial charge on any atom is 0.335 e. The molecule has 0 atom stereocenters. The maximum atomic E-state index is 12.2. The predicted octanol–water partition coefficient (Wildman–Crippen LogP) is 2.68. The molecular weight excluding hydrogens is 376 g/mol. The standard InChI is InChI=1S/C20H20N4O5/c25-18(26)14-3-1-13(2-4-14)12-21-19(27)22-15-5-6-16-17(11-15)29-20(23-16)24-7-9-28-10-8-24/h1-6,11H,7-10,12H2,(H,25,26)(H2,21,22,27). The van der Waals surface area contributed by atoms with Crippen LogP contribution in [0.4, 0.5) is 16.5 Å². The van der Waals surface area contributed by atoms with Crippen molar-refractivity contribution in [3.05, 3.63) is 53.6 Å². The summed E-state index contributed by atoms with van der Waals surface area (Å²) >= 11 is 0. The van der Waals surface area contributed by atoms with Crippen LogP contribution in [-0.2, 0) is 11.3 Å². The summed E-state index contributed by atoms with van der Waals surface area (Å²) in [6, 6.07) is 11.8. The third kappa shape index (κ3) is 4.46. The van der Waals surface area contributed by atoms with Crippen molar-refractivity contribution < 1.29 is 23.8 Å². The molecule has 0 spiro atoms. The largest absolute Gasteiger partial charge is 0.478 e. The molecule has 0 radical (unpaired) electrons. The minimum absolute atomic E-state index is 0.204. The first-order valence-corrected chi connectivity index (χ1v) is 9.19. The molecule has 150 valence electrons. The lowest BCUT2D eigenvalue weighted by Crippen LogP contribution is -2.36. The van der Waals surface area contributed by atoms with Gasteiger partial charge in [-0.15, -0.1) is 0 Å². The van der Waals surface area contributed by atoms with E-state index < -0.39 is 5.97 Å². The van der Waals surface area contributed by atoms with Gasteiger partial charge in [0.2, 0.25) is 0 Å². The van der Waals surface area contributed by atoms with Crippen molar-refractivity contribution in [2.24, 2.45) is 0 Å². The number of urea groups is 1. The molecule has 1 aliphatic rings. The number of fused-ring (bicyclic) bond motifs is 1. The second kappa shape index (κ2) is 8.19. The summed E-state index contributed by atoms with van der Waals surface area (Å²) in [6.45, 7) is 3.02. The Hall–Kier alpha value is -3.59. The van der Waals surface area contributed by atoms with E-state index >= 15 is 0 Å². The topological polar surface area (TPSA) is 117 Å². The zero-order chi connectivity index (χ0) is 20.2. The number of hydrogen-bond acceptors (Lipinski definition) is 6. The number of carboxylic acids is 1. The van der Waals surface area contributed by atoms with Crippen LogP contribution in [0.3, 0.4) is 0 Å². The number of aromatic carboxylic acids is 1. The molecule has 9 nitrogen and oxygen atoms in total. The van der Waals surface area contributed by atoms with E-state index in [0.29, 0.717) is 30.5 Å². The highest BCUT2D eigenvalue weighted by Crippen LogP contribution is 2.25. The van der Waals surface area contributed by atoms with Crippen LogP contribution in [0.5, 0.6) is 0 Å². The van der Waals surface area contributed by atoms with Gasteiger partial charge in [0.25, 0.3) is 6.01 Å². The first-order valence-electron chi connectivity index (χ1n) is 9.19. The molecule has 1 fully saturated rings. The number of anilines is 2. The van der Waals surface area contributed by atoms with E-state index in [9.17, 15) is 9.59 Å². The summed E-state index contributed by atoms with van der Waals surface area (Å²) in [5, 5.41) is 14.4. The molecule has 29 heavy (non-hydrogen) atoms. The Kier molecular flexibility index (Phi) is 5.30. The highest BCUT2D eigenvalue weighted by Gasteiger charge is 2.17. The monoisotopic (exact) mass is 396 g/mol. The summed E-state index contributed by atoms with van der Waals surface area (Å²) in [7, 11) is 0. The van der Waals surface area contributed by atoms with Crippen LogP contribution in [-0.4, -0.2) is 48.4 Å². The summed E-state index contributed by atoms with van der Waals surface area (Å²) in [4.78, 5) is 29.5. The molecule has 0 saturated carbocycles. The Morgan fingerprint density at radius 3 is 2.59 bits per heavy atom. The van der Waals surface area contributed by atoms with Crippen LogP contribution in [0.1, 0.15) is 15.9 Å². The second-order valence-electron chi connectivity index (χ2n) is 6.59. The number of rotatable bonds is 5. The number of oxazole rings is 1. The Balaban J connectivity index is 1.36. The molecule has 0 aliphatic carbocycles. The SMILES string of the molecule is O=C(NCc1ccc(C(=O)O)cc1)Nc1ccc2nc(N3CCOCC3)oc2c1. The van der Waals surface area contributed by atoms with Crippen molar-refractivity contribution in [1.29, 1.82) is 0 Å². The average molecular weight is 396 g/mol. The molecular formula is C20H20N4O5. The van der Waals surface area contributed by atoms with E-state index in [4.69, 9.17) is 14.3 Å². The lowest BCUT2D eigenvalue weighted by Gasteiger charge is -2.24.